The highest BCUT2D eigenvalue weighted by atomic mass is 16.5. The second-order valence-electron chi connectivity index (χ2n) is 14.2. The van der Waals surface area contributed by atoms with E-state index in [2.05, 4.69) is 31.0 Å². The minimum Gasteiger partial charge on any atom is -0.465 e. The van der Waals surface area contributed by atoms with Crippen LogP contribution in [0.3, 0.4) is 0 Å². The van der Waals surface area contributed by atoms with Gasteiger partial charge in [-0.05, 0) is 70.6 Å². The maximum absolute atomic E-state index is 13.3. The van der Waals surface area contributed by atoms with Crippen molar-refractivity contribution in [3.63, 3.8) is 0 Å². The number of nitrogens with zero attached hydrogens (tertiary/aromatic N) is 1. The summed E-state index contributed by atoms with van der Waals surface area (Å²) in [5, 5.41) is 3.68. The van der Waals surface area contributed by atoms with Crippen LogP contribution in [0.5, 0.6) is 0 Å². The molecule has 1 aromatic carbocycles. The van der Waals surface area contributed by atoms with Crippen LogP contribution in [0.1, 0.15) is 168 Å². The zero-order chi connectivity index (χ0) is 34.4. The maximum Gasteiger partial charge on any atom is 0.323 e. The van der Waals surface area contributed by atoms with Crippen LogP contribution >= 0.6 is 0 Å². The van der Waals surface area contributed by atoms with Gasteiger partial charge in [-0.15, -0.1) is 0 Å². The second kappa shape index (κ2) is 30.2. The Morgan fingerprint density at radius 3 is 1.79 bits per heavy atom. The van der Waals surface area contributed by atoms with E-state index in [0.29, 0.717) is 25.4 Å². The molecule has 1 rings (SSSR count). The Balaban J connectivity index is 2.68. The molecule has 3 unspecified atom stereocenters. The van der Waals surface area contributed by atoms with Gasteiger partial charge in [0.25, 0.3) is 0 Å². The van der Waals surface area contributed by atoms with Crippen molar-refractivity contribution in [3.05, 3.63) is 35.9 Å². The first-order valence-corrected chi connectivity index (χ1v) is 19.7. The zero-order valence-electron chi connectivity index (χ0n) is 31.4. The summed E-state index contributed by atoms with van der Waals surface area (Å²) in [6, 6.07) is 9.66. The molecule has 0 fully saturated rings. The molecule has 0 aliphatic carbocycles. The van der Waals surface area contributed by atoms with Gasteiger partial charge in [-0.25, -0.2) is 0 Å². The molecule has 3 atom stereocenters. The number of hydrogen-bond acceptors (Lipinski definition) is 6. The van der Waals surface area contributed by atoms with Gasteiger partial charge < -0.3 is 19.7 Å². The fourth-order valence-electron chi connectivity index (χ4n) is 6.24. The van der Waals surface area contributed by atoms with Gasteiger partial charge in [0.15, 0.2) is 0 Å². The summed E-state index contributed by atoms with van der Waals surface area (Å²) in [6.45, 7) is 8.41. The van der Waals surface area contributed by atoms with Crippen molar-refractivity contribution in [2.75, 3.05) is 27.2 Å². The van der Waals surface area contributed by atoms with E-state index in [4.69, 9.17) is 9.47 Å². The van der Waals surface area contributed by atoms with Gasteiger partial charge in [-0.2, -0.15) is 0 Å². The molecular weight excluding hydrogens is 584 g/mol. The van der Waals surface area contributed by atoms with E-state index in [9.17, 15) is 9.59 Å². The van der Waals surface area contributed by atoms with Gasteiger partial charge >= 0.3 is 11.9 Å². The lowest BCUT2D eigenvalue weighted by Gasteiger charge is -2.26. The molecular formula is C41H74N2O4. The Bertz CT molecular complexity index is 862. The van der Waals surface area contributed by atoms with Crippen LogP contribution in [0.25, 0.3) is 0 Å². The third-order valence-electron chi connectivity index (χ3n) is 9.31. The first-order valence-electron chi connectivity index (χ1n) is 19.7. The predicted molar refractivity (Wildman–Crippen MR) is 199 cm³/mol. The third-order valence-corrected chi connectivity index (χ3v) is 9.31. The maximum atomic E-state index is 13.3. The topological polar surface area (TPSA) is 67.9 Å². The Kier molecular flexibility index (Phi) is 27.7. The molecule has 0 spiro atoms. The van der Waals surface area contributed by atoms with Crippen LogP contribution in [-0.2, 0) is 25.7 Å². The summed E-state index contributed by atoms with van der Waals surface area (Å²) in [5.41, 5.74) is 0.994. The molecule has 6 nitrogen and oxygen atoms in total. The quantitative estimate of drug-likeness (QED) is 0.0614. The van der Waals surface area contributed by atoms with Crippen molar-refractivity contribution in [2.24, 2.45) is 5.92 Å². The van der Waals surface area contributed by atoms with Gasteiger partial charge in [0, 0.05) is 12.5 Å². The van der Waals surface area contributed by atoms with Crippen LogP contribution in [0.15, 0.2) is 30.3 Å². The lowest BCUT2D eigenvalue weighted by molar-refractivity contribution is -0.148. The smallest absolute Gasteiger partial charge is 0.323 e. The number of rotatable bonds is 32. The van der Waals surface area contributed by atoms with Crippen molar-refractivity contribution >= 4 is 11.9 Å². The van der Waals surface area contributed by atoms with Gasteiger partial charge in [-0.3, -0.25) is 9.59 Å². The Labute approximate surface area is 290 Å². The van der Waals surface area contributed by atoms with Crippen molar-refractivity contribution in [2.45, 2.75) is 181 Å². The highest BCUT2D eigenvalue weighted by Crippen LogP contribution is 2.20. The van der Waals surface area contributed by atoms with Crippen molar-refractivity contribution < 1.29 is 19.1 Å². The highest BCUT2D eigenvalue weighted by Gasteiger charge is 2.24. The van der Waals surface area contributed by atoms with E-state index in [-0.39, 0.29) is 30.6 Å². The number of ether oxygens (including phenoxy) is 2. The second-order valence-corrected chi connectivity index (χ2v) is 14.2. The van der Waals surface area contributed by atoms with E-state index < -0.39 is 0 Å². The van der Waals surface area contributed by atoms with Gasteiger partial charge in [0.2, 0.25) is 0 Å². The molecule has 272 valence electrons. The van der Waals surface area contributed by atoms with Gasteiger partial charge in [-0.1, -0.05) is 147 Å². The summed E-state index contributed by atoms with van der Waals surface area (Å²) in [4.78, 5) is 28.3. The Morgan fingerprint density at radius 1 is 0.660 bits per heavy atom. The molecule has 1 N–H and O–H groups in total. The number of hydrogen-bond donors (Lipinski definition) is 1. The Morgan fingerprint density at radius 2 is 1.19 bits per heavy atom. The molecule has 0 heterocycles. The molecule has 0 aliphatic rings. The summed E-state index contributed by atoms with van der Waals surface area (Å²) in [5.74, 6) is 0.222. The minimum atomic E-state index is -0.371. The van der Waals surface area contributed by atoms with Crippen molar-refractivity contribution in [1.29, 1.82) is 0 Å². The molecule has 0 bridgehead atoms. The van der Waals surface area contributed by atoms with E-state index >= 15 is 0 Å². The minimum absolute atomic E-state index is 0.0698. The average Bonchev–Trinajstić information content (AvgIpc) is 3.07. The first-order chi connectivity index (χ1) is 22.9. The highest BCUT2D eigenvalue weighted by molar-refractivity contribution is 5.75. The van der Waals surface area contributed by atoms with E-state index in [1.165, 1.54) is 103 Å². The number of nitrogens with one attached hydrogen (secondary N) is 1. The number of benzene rings is 1. The van der Waals surface area contributed by atoms with Gasteiger partial charge in [0.1, 0.15) is 12.6 Å². The summed E-state index contributed by atoms with van der Waals surface area (Å²) in [6.07, 6.45) is 25.0. The largest absolute Gasteiger partial charge is 0.465 e. The van der Waals surface area contributed by atoms with E-state index in [1.54, 1.807) is 0 Å². The number of unbranched alkanes of at least 4 members (excludes halogenated alkanes) is 12. The molecule has 0 saturated heterocycles. The standard InChI is InChI=1S/C41H74N2O4/c1-6-9-12-15-17-20-26-36(25-19-14-11-8-3)34-46-40(44)31-24-30-38(29-23-16-13-10-7-2)42-39(32-33-43(4)5)41(45)47-35-37-27-21-18-22-28-37/h18,21-22,27-28,36,38-39,42H,6-17,19-20,23-26,29-35H2,1-5H3. The van der Waals surface area contributed by atoms with Crippen molar-refractivity contribution in [3.8, 4) is 0 Å². The fourth-order valence-corrected chi connectivity index (χ4v) is 6.24. The summed E-state index contributed by atoms with van der Waals surface area (Å²) in [7, 11) is 4.07. The predicted octanol–water partition coefficient (Wildman–Crippen LogP) is 10.4. The number of esters is 2. The molecule has 0 aliphatic heterocycles. The summed E-state index contributed by atoms with van der Waals surface area (Å²) < 4.78 is 11.7. The van der Waals surface area contributed by atoms with E-state index in [0.717, 1.165) is 37.8 Å². The summed E-state index contributed by atoms with van der Waals surface area (Å²) >= 11 is 0. The first kappa shape index (κ1) is 43.1. The zero-order valence-corrected chi connectivity index (χ0v) is 31.4. The number of carbonyl (C=O) groups is 2. The van der Waals surface area contributed by atoms with Crippen LogP contribution in [0, 0.1) is 5.92 Å². The molecule has 47 heavy (non-hydrogen) atoms. The molecule has 0 radical (unpaired) electrons. The van der Waals surface area contributed by atoms with Crippen LogP contribution in [0.2, 0.25) is 0 Å². The molecule has 0 aromatic heterocycles. The van der Waals surface area contributed by atoms with Crippen LogP contribution < -0.4 is 5.32 Å². The van der Waals surface area contributed by atoms with Gasteiger partial charge in [0.05, 0.1) is 6.61 Å². The molecule has 0 amide bonds. The average molecular weight is 659 g/mol. The lowest BCUT2D eigenvalue weighted by atomic mass is 9.95. The monoisotopic (exact) mass is 659 g/mol. The van der Waals surface area contributed by atoms with Crippen LogP contribution in [0.4, 0.5) is 0 Å². The normalized spacial score (nSPS) is 13.4. The number of carbonyl (C=O) groups excluding carboxylic acids is 2. The Hall–Kier alpha value is -1.92. The van der Waals surface area contributed by atoms with Crippen molar-refractivity contribution in [1.82, 2.24) is 10.2 Å². The molecule has 6 heteroatoms. The van der Waals surface area contributed by atoms with Crippen LogP contribution in [-0.4, -0.2) is 56.2 Å². The van der Waals surface area contributed by atoms with E-state index in [1.807, 2.05) is 44.4 Å². The fraction of sp³-hybridized carbons (Fsp3) is 0.805. The lowest BCUT2D eigenvalue weighted by Crippen LogP contribution is -2.45. The molecule has 0 saturated carbocycles. The molecule has 1 aromatic rings. The third kappa shape index (κ3) is 24.8. The SMILES string of the molecule is CCCCCCCCC(CCCCCC)COC(=O)CCCC(CCCCCCC)NC(CCN(C)C)C(=O)OCc1ccccc1.